The van der Waals surface area contributed by atoms with Crippen LogP contribution in [0.3, 0.4) is 0 Å². The Morgan fingerprint density at radius 1 is 1.14 bits per heavy atom. The van der Waals surface area contributed by atoms with Gasteiger partial charge in [0.1, 0.15) is 6.17 Å². The van der Waals surface area contributed by atoms with E-state index in [0.29, 0.717) is 11.8 Å². The second-order valence-electron chi connectivity index (χ2n) is 6.31. The first-order valence-electron chi connectivity index (χ1n) is 5.96. The Balaban J connectivity index is 2.56. The molecule has 0 aromatic heterocycles. The monoisotopic (exact) mass is 200 g/mol. The Kier molecular flexibility index (Phi) is 3.60. The van der Waals surface area contributed by atoms with Gasteiger partial charge < -0.3 is 0 Å². The van der Waals surface area contributed by atoms with Crippen molar-refractivity contribution in [2.24, 2.45) is 23.2 Å². The highest BCUT2D eigenvalue weighted by atomic mass is 19.1. The van der Waals surface area contributed by atoms with E-state index in [1.165, 1.54) is 6.42 Å². The molecule has 0 radical (unpaired) electrons. The van der Waals surface area contributed by atoms with Gasteiger partial charge in [-0.25, -0.2) is 4.39 Å². The van der Waals surface area contributed by atoms with E-state index < -0.39 is 6.17 Å². The highest BCUT2D eigenvalue weighted by molar-refractivity contribution is 4.87. The zero-order valence-corrected chi connectivity index (χ0v) is 10.3. The average molecular weight is 200 g/mol. The highest BCUT2D eigenvalue weighted by Crippen LogP contribution is 2.43. The number of alkyl halides is 1. The van der Waals surface area contributed by atoms with Crippen LogP contribution in [0.2, 0.25) is 0 Å². The zero-order valence-electron chi connectivity index (χ0n) is 10.3. The maximum absolute atomic E-state index is 14.0. The van der Waals surface area contributed by atoms with E-state index in [4.69, 9.17) is 0 Å². The van der Waals surface area contributed by atoms with Crippen LogP contribution in [-0.2, 0) is 0 Å². The lowest BCUT2D eigenvalue weighted by molar-refractivity contribution is 0.0381. The van der Waals surface area contributed by atoms with Crippen LogP contribution in [0.4, 0.5) is 4.39 Å². The van der Waals surface area contributed by atoms with Gasteiger partial charge in [0.25, 0.3) is 0 Å². The van der Waals surface area contributed by atoms with Crippen molar-refractivity contribution in [3.63, 3.8) is 0 Å². The molecule has 1 rings (SSSR count). The summed E-state index contributed by atoms with van der Waals surface area (Å²) in [7, 11) is 0. The second kappa shape index (κ2) is 4.20. The smallest absolute Gasteiger partial charge is 0.104 e. The first kappa shape index (κ1) is 12.0. The summed E-state index contributed by atoms with van der Waals surface area (Å²) < 4.78 is 14.0. The summed E-state index contributed by atoms with van der Waals surface area (Å²) in [5, 5.41) is 0. The minimum absolute atomic E-state index is 0.140. The van der Waals surface area contributed by atoms with Crippen molar-refractivity contribution in [1.29, 1.82) is 0 Å². The number of hydrogen-bond donors (Lipinski definition) is 0. The molecule has 1 fully saturated rings. The summed E-state index contributed by atoms with van der Waals surface area (Å²) in [4.78, 5) is 0. The zero-order chi connectivity index (χ0) is 10.9. The van der Waals surface area contributed by atoms with Gasteiger partial charge in [0.05, 0.1) is 0 Å². The summed E-state index contributed by atoms with van der Waals surface area (Å²) in [6, 6.07) is 0. The van der Waals surface area contributed by atoms with Crippen LogP contribution < -0.4 is 0 Å². The van der Waals surface area contributed by atoms with Crippen molar-refractivity contribution in [3.05, 3.63) is 0 Å². The molecular formula is C13H25F. The van der Waals surface area contributed by atoms with Gasteiger partial charge in [-0.3, -0.25) is 0 Å². The molecule has 1 saturated carbocycles. The van der Waals surface area contributed by atoms with Crippen molar-refractivity contribution in [1.82, 2.24) is 0 Å². The Morgan fingerprint density at radius 3 is 2.07 bits per heavy atom. The quantitative estimate of drug-likeness (QED) is 0.587. The lowest BCUT2D eigenvalue weighted by atomic mass is 9.67. The van der Waals surface area contributed by atoms with Crippen LogP contribution in [0, 0.1) is 23.2 Å². The largest absolute Gasteiger partial charge is 0.247 e. The molecule has 0 bridgehead atoms. The fourth-order valence-corrected chi connectivity index (χ4v) is 2.73. The highest BCUT2D eigenvalue weighted by Gasteiger charge is 2.38. The summed E-state index contributed by atoms with van der Waals surface area (Å²) >= 11 is 0. The molecule has 0 N–H and O–H groups in total. The molecule has 1 aliphatic rings. The van der Waals surface area contributed by atoms with Gasteiger partial charge in [-0.05, 0) is 42.4 Å². The fourth-order valence-electron chi connectivity index (χ4n) is 2.73. The van der Waals surface area contributed by atoms with E-state index in [9.17, 15) is 4.39 Å². The lowest BCUT2D eigenvalue weighted by Crippen LogP contribution is -2.36. The van der Waals surface area contributed by atoms with Crippen LogP contribution in [-0.4, -0.2) is 6.17 Å². The molecule has 0 aromatic carbocycles. The topological polar surface area (TPSA) is 0 Å². The summed E-state index contributed by atoms with van der Waals surface area (Å²) in [6.07, 6.45) is 2.52. The van der Waals surface area contributed by atoms with E-state index in [1.807, 2.05) is 0 Å². The van der Waals surface area contributed by atoms with Crippen molar-refractivity contribution < 1.29 is 4.39 Å². The van der Waals surface area contributed by atoms with E-state index in [-0.39, 0.29) is 11.3 Å². The summed E-state index contributed by atoms with van der Waals surface area (Å²) in [6.45, 7) is 10.9. The third-order valence-electron chi connectivity index (χ3n) is 3.87. The second-order valence-corrected chi connectivity index (χ2v) is 6.31. The predicted molar refractivity (Wildman–Crippen MR) is 60.0 cm³/mol. The molecule has 0 aromatic rings. The van der Waals surface area contributed by atoms with Gasteiger partial charge in [0, 0.05) is 0 Å². The van der Waals surface area contributed by atoms with Crippen molar-refractivity contribution in [2.45, 2.75) is 60.1 Å². The van der Waals surface area contributed by atoms with Crippen LogP contribution in [0.15, 0.2) is 0 Å². The van der Waals surface area contributed by atoms with E-state index in [0.717, 1.165) is 12.8 Å². The number of rotatable bonds is 1. The molecule has 1 heteroatoms. The molecular weight excluding hydrogens is 175 g/mol. The first-order chi connectivity index (χ1) is 6.32. The minimum atomic E-state index is -0.573. The van der Waals surface area contributed by atoms with Crippen LogP contribution in [0.5, 0.6) is 0 Å². The number of halogens is 1. The first-order valence-corrected chi connectivity index (χ1v) is 5.96. The normalized spacial score (nSPS) is 34.9. The maximum Gasteiger partial charge on any atom is 0.104 e. The van der Waals surface area contributed by atoms with Gasteiger partial charge in [-0.2, -0.15) is 0 Å². The van der Waals surface area contributed by atoms with Crippen LogP contribution >= 0.6 is 0 Å². The third kappa shape index (κ3) is 2.71. The molecule has 1 aliphatic carbocycles. The predicted octanol–water partition coefficient (Wildman–Crippen LogP) is 4.44. The third-order valence-corrected chi connectivity index (χ3v) is 3.87. The minimum Gasteiger partial charge on any atom is -0.247 e. The maximum atomic E-state index is 14.0. The summed E-state index contributed by atoms with van der Waals surface area (Å²) in [5.74, 6) is 1.54. The van der Waals surface area contributed by atoms with Crippen LogP contribution in [0.1, 0.15) is 53.9 Å². The Morgan fingerprint density at radius 2 is 1.71 bits per heavy atom. The SMILES string of the molecule is CC(C)C1CCC(C(C)(C)C)C(F)C1. The molecule has 14 heavy (non-hydrogen) atoms. The molecule has 0 saturated heterocycles. The molecule has 3 unspecified atom stereocenters. The van der Waals surface area contributed by atoms with Crippen molar-refractivity contribution >= 4 is 0 Å². The molecule has 0 heterocycles. The molecule has 84 valence electrons. The standard InChI is InChI=1S/C13H25F/c1-9(2)10-6-7-11(12(14)8-10)13(3,4)5/h9-12H,6-8H2,1-5H3. The Bertz CT molecular complexity index is 178. The van der Waals surface area contributed by atoms with Crippen molar-refractivity contribution in [3.8, 4) is 0 Å². The van der Waals surface area contributed by atoms with E-state index in [2.05, 4.69) is 34.6 Å². The average Bonchev–Trinajstić information content (AvgIpc) is 2.01. The summed E-state index contributed by atoms with van der Waals surface area (Å²) in [5.41, 5.74) is 0.140. The van der Waals surface area contributed by atoms with Gasteiger partial charge in [-0.15, -0.1) is 0 Å². The molecule has 0 nitrogen and oxygen atoms in total. The van der Waals surface area contributed by atoms with Crippen LogP contribution in [0.25, 0.3) is 0 Å². The Labute approximate surface area is 88.3 Å². The lowest BCUT2D eigenvalue weighted by Gasteiger charge is -2.40. The Hall–Kier alpha value is -0.0700. The van der Waals surface area contributed by atoms with E-state index in [1.54, 1.807) is 0 Å². The van der Waals surface area contributed by atoms with E-state index >= 15 is 0 Å². The molecule has 0 amide bonds. The van der Waals surface area contributed by atoms with Gasteiger partial charge in [0.15, 0.2) is 0 Å². The molecule has 3 atom stereocenters. The number of hydrogen-bond acceptors (Lipinski definition) is 0. The fraction of sp³-hybridized carbons (Fsp3) is 1.00. The molecule has 0 spiro atoms. The van der Waals surface area contributed by atoms with Gasteiger partial charge in [-0.1, -0.05) is 34.6 Å². The van der Waals surface area contributed by atoms with Gasteiger partial charge >= 0.3 is 0 Å². The molecule has 0 aliphatic heterocycles. The van der Waals surface area contributed by atoms with Crippen molar-refractivity contribution in [2.75, 3.05) is 0 Å². The van der Waals surface area contributed by atoms with Gasteiger partial charge in [0.2, 0.25) is 0 Å².